The molecule has 0 atom stereocenters. The van der Waals surface area contributed by atoms with Crippen LogP contribution in [0.5, 0.6) is 0 Å². The number of H-pyrrole nitrogens is 1. The van der Waals surface area contributed by atoms with Crippen molar-refractivity contribution in [1.29, 1.82) is 0 Å². The number of nitrogens with one attached hydrogen (secondary N) is 2. The predicted molar refractivity (Wildman–Crippen MR) is 128 cm³/mol. The number of amides is 1. The van der Waals surface area contributed by atoms with Crippen LogP contribution in [0.3, 0.4) is 0 Å². The molecule has 0 saturated heterocycles. The van der Waals surface area contributed by atoms with Gasteiger partial charge in [-0.15, -0.1) is 11.3 Å². The molecule has 32 heavy (non-hydrogen) atoms. The van der Waals surface area contributed by atoms with Crippen molar-refractivity contribution < 1.29 is 9.59 Å². The fraction of sp³-hybridized carbons (Fsp3) is 0.360. The Labute approximate surface area is 191 Å². The van der Waals surface area contributed by atoms with Crippen LogP contribution >= 0.6 is 11.3 Å². The number of benzene rings is 1. The van der Waals surface area contributed by atoms with Crippen molar-refractivity contribution in [3.8, 4) is 11.3 Å². The molecule has 0 spiro atoms. The Kier molecular flexibility index (Phi) is 5.63. The van der Waals surface area contributed by atoms with Crippen molar-refractivity contribution in [3.63, 3.8) is 0 Å². The first-order chi connectivity index (χ1) is 15.1. The number of aryl methyl sites for hydroxylation is 3. The largest absolute Gasteiger partial charge is 0.325 e. The Balaban J connectivity index is 1.65. The fourth-order valence-corrected chi connectivity index (χ4v) is 5.04. The van der Waals surface area contributed by atoms with Crippen molar-refractivity contribution in [3.05, 3.63) is 67.4 Å². The van der Waals surface area contributed by atoms with Crippen molar-refractivity contribution in [2.24, 2.45) is 5.41 Å². The van der Waals surface area contributed by atoms with E-state index in [1.165, 1.54) is 28.5 Å². The van der Waals surface area contributed by atoms with Crippen molar-refractivity contribution >= 4 is 28.2 Å². The SMILES string of the molecule is CCc1sc(NC(=O)c2cc3c([nH]c2=O)CC(C)(C)CC3=O)nc1-c1ccc(C)c(C)c1. The number of aromatic amines is 1. The standard InChI is InChI=1S/C25H27N3O3S/c1-6-20-21(15-8-7-13(2)14(3)9-15)27-24(32-20)28-23(31)17-10-16-18(26-22(17)30)11-25(4,5)12-19(16)29/h7-10H,6,11-12H2,1-5H3,(H,26,30)(H,27,28,31). The summed E-state index contributed by atoms with van der Waals surface area (Å²) in [6.07, 6.45) is 1.76. The molecule has 0 radical (unpaired) electrons. The van der Waals surface area contributed by atoms with E-state index in [0.29, 0.717) is 29.2 Å². The molecule has 0 unspecified atom stereocenters. The van der Waals surface area contributed by atoms with Crippen molar-refractivity contribution in [1.82, 2.24) is 9.97 Å². The van der Waals surface area contributed by atoms with Gasteiger partial charge in [-0.2, -0.15) is 0 Å². The zero-order chi connectivity index (χ0) is 23.2. The van der Waals surface area contributed by atoms with E-state index in [0.717, 1.165) is 22.6 Å². The summed E-state index contributed by atoms with van der Waals surface area (Å²) in [6, 6.07) is 7.62. The summed E-state index contributed by atoms with van der Waals surface area (Å²) in [5.41, 5.74) is 4.49. The zero-order valence-electron chi connectivity index (χ0n) is 19.0. The number of hydrogen-bond acceptors (Lipinski definition) is 5. The number of pyridine rings is 1. The molecule has 0 fully saturated rings. The summed E-state index contributed by atoms with van der Waals surface area (Å²) < 4.78 is 0. The van der Waals surface area contributed by atoms with E-state index in [2.05, 4.69) is 41.3 Å². The van der Waals surface area contributed by atoms with E-state index < -0.39 is 11.5 Å². The van der Waals surface area contributed by atoms with Crippen LogP contribution in [0.4, 0.5) is 5.13 Å². The second kappa shape index (κ2) is 8.13. The van der Waals surface area contributed by atoms with Gasteiger partial charge in [0, 0.05) is 28.1 Å². The molecule has 1 aliphatic carbocycles. The average Bonchev–Trinajstić information content (AvgIpc) is 3.11. The lowest BCUT2D eigenvalue weighted by Gasteiger charge is -2.29. The van der Waals surface area contributed by atoms with Crippen LogP contribution in [0.2, 0.25) is 0 Å². The number of aromatic nitrogens is 2. The van der Waals surface area contributed by atoms with E-state index in [4.69, 9.17) is 0 Å². The summed E-state index contributed by atoms with van der Waals surface area (Å²) >= 11 is 1.40. The second-order valence-corrected chi connectivity index (χ2v) is 10.3. The summed E-state index contributed by atoms with van der Waals surface area (Å²) in [6.45, 7) is 10.2. The van der Waals surface area contributed by atoms with Crippen molar-refractivity contribution in [2.75, 3.05) is 5.32 Å². The molecule has 7 heteroatoms. The third-order valence-electron chi connectivity index (χ3n) is 5.98. The molecular formula is C25H27N3O3S. The van der Waals surface area contributed by atoms with Crippen LogP contribution in [0.25, 0.3) is 11.3 Å². The highest BCUT2D eigenvalue weighted by molar-refractivity contribution is 7.16. The Morgan fingerprint density at radius 3 is 2.59 bits per heavy atom. The van der Waals surface area contributed by atoms with Gasteiger partial charge in [-0.3, -0.25) is 19.7 Å². The topological polar surface area (TPSA) is 91.9 Å². The Morgan fingerprint density at radius 2 is 1.91 bits per heavy atom. The lowest BCUT2D eigenvalue weighted by molar-refractivity contribution is 0.0910. The van der Waals surface area contributed by atoms with Crippen molar-refractivity contribution in [2.45, 2.75) is 53.9 Å². The Morgan fingerprint density at radius 1 is 1.16 bits per heavy atom. The minimum absolute atomic E-state index is 0.0545. The molecule has 166 valence electrons. The van der Waals surface area contributed by atoms with Crippen LogP contribution in [0, 0.1) is 19.3 Å². The lowest BCUT2D eigenvalue weighted by Crippen LogP contribution is -2.32. The highest BCUT2D eigenvalue weighted by Crippen LogP contribution is 2.34. The van der Waals surface area contributed by atoms with E-state index >= 15 is 0 Å². The maximum Gasteiger partial charge on any atom is 0.263 e. The van der Waals surface area contributed by atoms with Crippen LogP contribution in [-0.4, -0.2) is 21.7 Å². The first-order valence-corrected chi connectivity index (χ1v) is 11.6. The van der Waals surface area contributed by atoms with Gasteiger partial charge in [-0.05, 0) is 55.4 Å². The van der Waals surface area contributed by atoms with E-state index in [1.807, 2.05) is 26.8 Å². The maximum absolute atomic E-state index is 12.9. The number of carbonyl (C=O) groups is 2. The minimum Gasteiger partial charge on any atom is -0.325 e. The summed E-state index contributed by atoms with van der Waals surface area (Å²) in [5.74, 6) is -0.615. The number of ketones is 1. The number of rotatable bonds is 4. The third kappa shape index (κ3) is 4.17. The van der Waals surface area contributed by atoms with E-state index in [9.17, 15) is 14.4 Å². The number of carbonyl (C=O) groups excluding carboxylic acids is 2. The number of anilines is 1. The average molecular weight is 450 g/mol. The second-order valence-electron chi connectivity index (χ2n) is 9.24. The van der Waals surface area contributed by atoms with Crippen LogP contribution < -0.4 is 10.9 Å². The number of nitrogens with zero attached hydrogens (tertiary/aromatic N) is 1. The first-order valence-electron chi connectivity index (χ1n) is 10.8. The smallest absolute Gasteiger partial charge is 0.263 e. The normalized spacial score (nSPS) is 14.8. The quantitative estimate of drug-likeness (QED) is 0.581. The van der Waals surface area contributed by atoms with Gasteiger partial charge in [-0.1, -0.05) is 32.9 Å². The van der Waals surface area contributed by atoms with Crippen LogP contribution in [0.1, 0.15) is 69.6 Å². The molecule has 1 amide bonds. The number of thiazole rings is 1. The summed E-state index contributed by atoms with van der Waals surface area (Å²) in [7, 11) is 0. The van der Waals surface area contributed by atoms with Gasteiger partial charge in [0.2, 0.25) is 0 Å². The van der Waals surface area contributed by atoms with Gasteiger partial charge in [0.05, 0.1) is 5.69 Å². The number of Topliss-reactive ketones (excluding diaryl/α,β-unsaturated/α-hetero) is 1. The molecule has 6 nitrogen and oxygen atoms in total. The molecule has 0 saturated carbocycles. The van der Waals surface area contributed by atoms with E-state index in [-0.39, 0.29) is 16.8 Å². The zero-order valence-corrected chi connectivity index (χ0v) is 19.8. The highest BCUT2D eigenvalue weighted by Gasteiger charge is 2.32. The summed E-state index contributed by atoms with van der Waals surface area (Å²) in [5, 5.41) is 3.20. The fourth-order valence-electron chi connectivity index (χ4n) is 4.12. The molecule has 2 heterocycles. The molecule has 3 aromatic rings. The number of fused-ring (bicyclic) bond motifs is 1. The minimum atomic E-state index is -0.560. The molecule has 2 N–H and O–H groups in total. The monoisotopic (exact) mass is 449 g/mol. The molecule has 1 aromatic carbocycles. The van der Waals surface area contributed by atoms with Gasteiger partial charge in [0.1, 0.15) is 5.56 Å². The van der Waals surface area contributed by atoms with Crippen LogP contribution in [0.15, 0.2) is 29.1 Å². The van der Waals surface area contributed by atoms with E-state index in [1.54, 1.807) is 0 Å². The molecule has 0 aliphatic heterocycles. The molecule has 2 aromatic heterocycles. The van der Waals surface area contributed by atoms with Crippen LogP contribution in [-0.2, 0) is 12.8 Å². The molecule has 4 rings (SSSR count). The third-order valence-corrected chi connectivity index (χ3v) is 7.10. The van der Waals surface area contributed by atoms with Gasteiger partial charge in [-0.25, -0.2) is 4.98 Å². The van der Waals surface area contributed by atoms with Gasteiger partial charge < -0.3 is 4.98 Å². The molecule has 0 bridgehead atoms. The summed E-state index contributed by atoms with van der Waals surface area (Å²) in [4.78, 5) is 46.6. The number of hydrogen-bond donors (Lipinski definition) is 2. The highest BCUT2D eigenvalue weighted by atomic mass is 32.1. The Hall–Kier alpha value is -3.06. The Bertz CT molecular complexity index is 1300. The van der Waals surface area contributed by atoms with Gasteiger partial charge >= 0.3 is 0 Å². The first kappa shape index (κ1) is 22.1. The van der Waals surface area contributed by atoms with Gasteiger partial charge in [0.15, 0.2) is 10.9 Å². The molecule has 1 aliphatic rings. The van der Waals surface area contributed by atoms with Gasteiger partial charge in [0.25, 0.3) is 11.5 Å². The molecular weight excluding hydrogens is 422 g/mol. The lowest BCUT2D eigenvalue weighted by atomic mass is 9.75. The predicted octanol–water partition coefficient (Wildman–Crippen LogP) is 5.09. The maximum atomic E-state index is 12.9.